The van der Waals surface area contributed by atoms with Crippen LogP contribution in [0.3, 0.4) is 0 Å². The molecule has 29 heavy (non-hydrogen) atoms. The van der Waals surface area contributed by atoms with E-state index in [2.05, 4.69) is 11.1 Å². The van der Waals surface area contributed by atoms with Gasteiger partial charge in [-0.2, -0.15) is 9.57 Å². The minimum atomic E-state index is -3.93. The molecule has 3 aromatic rings. The number of aliphatic hydroxyl groups is 1. The zero-order valence-electron chi connectivity index (χ0n) is 15.7. The summed E-state index contributed by atoms with van der Waals surface area (Å²) < 4.78 is 27.7. The van der Waals surface area contributed by atoms with E-state index in [-0.39, 0.29) is 5.03 Å². The van der Waals surface area contributed by atoms with Gasteiger partial charge in [0.05, 0.1) is 29.5 Å². The maximum Gasteiger partial charge on any atom is 0.260 e. The smallest absolute Gasteiger partial charge is 0.260 e. The van der Waals surface area contributed by atoms with Crippen molar-refractivity contribution in [1.82, 2.24) is 9.29 Å². The van der Waals surface area contributed by atoms with E-state index >= 15 is 0 Å². The van der Waals surface area contributed by atoms with Gasteiger partial charge in [0.25, 0.3) is 10.0 Å². The summed E-state index contributed by atoms with van der Waals surface area (Å²) in [4.78, 5) is 4.35. The average molecular weight is 405 g/mol. The van der Waals surface area contributed by atoms with E-state index in [0.717, 1.165) is 16.7 Å². The highest BCUT2D eigenvalue weighted by atomic mass is 32.2. The maximum atomic E-state index is 13.3. The third-order valence-corrected chi connectivity index (χ3v) is 6.98. The lowest BCUT2D eigenvalue weighted by molar-refractivity contribution is 0.113. The molecule has 0 amide bonds. The summed E-state index contributed by atoms with van der Waals surface area (Å²) in [5, 5.41) is 19.4. The van der Waals surface area contributed by atoms with E-state index in [1.807, 2.05) is 24.3 Å². The van der Waals surface area contributed by atoms with Crippen LogP contribution < -0.4 is 0 Å². The lowest BCUT2D eigenvalue weighted by Crippen LogP contribution is -2.36. The van der Waals surface area contributed by atoms with Gasteiger partial charge in [-0.15, -0.1) is 0 Å². The van der Waals surface area contributed by atoms with Crippen LogP contribution in [0.25, 0.3) is 11.3 Å². The van der Waals surface area contributed by atoms with Gasteiger partial charge in [0.15, 0.2) is 5.03 Å². The van der Waals surface area contributed by atoms with Crippen molar-refractivity contribution in [3.63, 3.8) is 0 Å². The molecular weight excluding hydrogens is 386 g/mol. The van der Waals surface area contributed by atoms with Crippen LogP contribution in [0.15, 0.2) is 71.8 Å². The number of nitrogens with zero attached hydrogens (tertiary/aromatic N) is 3. The van der Waals surface area contributed by atoms with Gasteiger partial charge in [-0.25, -0.2) is 13.4 Å². The predicted molar refractivity (Wildman–Crippen MR) is 108 cm³/mol. The molecule has 1 N–H and O–H groups in total. The molecule has 0 spiro atoms. The number of rotatable bonds is 4. The fraction of sp³-hybridized carbons (Fsp3) is 0.182. The van der Waals surface area contributed by atoms with Crippen molar-refractivity contribution in [1.29, 1.82) is 5.26 Å². The number of fused-ring (bicyclic) bond motifs is 1. The van der Waals surface area contributed by atoms with Crippen LogP contribution in [0.5, 0.6) is 0 Å². The molecular formula is C22H19N3O3S. The molecule has 2 atom stereocenters. The predicted octanol–water partition coefficient (Wildman–Crippen LogP) is 2.90. The molecule has 0 saturated carbocycles. The van der Waals surface area contributed by atoms with Gasteiger partial charge in [-0.1, -0.05) is 42.5 Å². The SMILES string of the molecule is CN([C@H]1c2ccccc2C[C@@H]1O)S(=O)(=O)c1cccc(-c2ccc(C#N)cc2)n1. The fourth-order valence-electron chi connectivity index (χ4n) is 3.72. The summed E-state index contributed by atoms with van der Waals surface area (Å²) in [5.41, 5.74) is 3.50. The number of sulfonamides is 1. The molecule has 6 nitrogen and oxygen atoms in total. The van der Waals surface area contributed by atoms with E-state index in [0.29, 0.717) is 17.7 Å². The fourth-order valence-corrected chi connectivity index (χ4v) is 5.04. The molecule has 0 saturated heterocycles. The van der Waals surface area contributed by atoms with E-state index in [9.17, 15) is 13.5 Å². The van der Waals surface area contributed by atoms with Crippen LogP contribution in [-0.4, -0.2) is 36.0 Å². The zero-order chi connectivity index (χ0) is 20.6. The van der Waals surface area contributed by atoms with Crippen molar-refractivity contribution in [2.45, 2.75) is 23.6 Å². The Labute approximate surface area is 169 Å². The maximum absolute atomic E-state index is 13.3. The van der Waals surface area contributed by atoms with E-state index in [1.165, 1.54) is 17.4 Å². The molecule has 0 fully saturated rings. The molecule has 0 bridgehead atoms. The Morgan fingerprint density at radius 3 is 2.52 bits per heavy atom. The highest BCUT2D eigenvalue weighted by Gasteiger charge is 2.39. The molecule has 2 aromatic carbocycles. The summed E-state index contributed by atoms with van der Waals surface area (Å²) in [7, 11) is -2.46. The van der Waals surface area contributed by atoms with Crippen LogP contribution >= 0.6 is 0 Å². The number of aromatic nitrogens is 1. The minimum Gasteiger partial charge on any atom is -0.391 e. The number of hydrogen-bond acceptors (Lipinski definition) is 5. The van der Waals surface area contributed by atoms with Gasteiger partial charge in [0.2, 0.25) is 0 Å². The molecule has 1 aromatic heterocycles. The van der Waals surface area contributed by atoms with Gasteiger partial charge in [0, 0.05) is 19.0 Å². The first-order chi connectivity index (χ1) is 13.9. The minimum absolute atomic E-state index is 0.0848. The highest BCUT2D eigenvalue weighted by molar-refractivity contribution is 7.89. The summed E-state index contributed by atoms with van der Waals surface area (Å²) in [6.45, 7) is 0. The van der Waals surface area contributed by atoms with Gasteiger partial charge in [-0.3, -0.25) is 0 Å². The quantitative estimate of drug-likeness (QED) is 0.720. The Kier molecular flexibility index (Phi) is 4.92. The van der Waals surface area contributed by atoms with Gasteiger partial charge in [-0.05, 0) is 35.4 Å². The summed E-state index contributed by atoms with van der Waals surface area (Å²) in [6, 6.07) is 20.5. The summed E-state index contributed by atoms with van der Waals surface area (Å²) >= 11 is 0. The third kappa shape index (κ3) is 3.42. The molecule has 146 valence electrons. The van der Waals surface area contributed by atoms with E-state index in [1.54, 1.807) is 36.4 Å². The second-order valence-corrected chi connectivity index (χ2v) is 8.93. The lowest BCUT2D eigenvalue weighted by atomic mass is 10.1. The van der Waals surface area contributed by atoms with E-state index in [4.69, 9.17) is 5.26 Å². The van der Waals surface area contributed by atoms with Crippen LogP contribution in [-0.2, 0) is 16.4 Å². The van der Waals surface area contributed by atoms with Crippen molar-refractivity contribution in [3.05, 3.63) is 83.4 Å². The largest absolute Gasteiger partial charge is 0.391 e. The van der Waals surface area contributed by atoms with Crippen LogP contribution in [0, 0.1) is 11.3 Å². The molecule has 1 aliphatic rings. The topological polar surface area (TPSA) is 94.3 Å². The van der Waals surface area contributed by atoms with Crippen molar-refractivity contribution in [2.24, 2.45) is 0 Å². The Morgan fingerprint density at radius 2 is 1.79 bits per heavy atom. The Hall–Kier alpha value is -3.05. The van der Waals surface area contributed by atoms with E-state index < -0.39 is 22.2 Å². The third-order valence-electron chi connectivity index (χ3n) is 5.24. The normalized spacial score (nSPS) is 18.4. The molecule has 4 rings (SSSR count). The average Bonchev–Trinajstić information content (AvgIpc) is 3.08. The van der Waals surface area contributed by atoms with Crippen LogP contribution in [0.2, 0.25) is 0 Å². The second-order valence-electron chi connectivity index (χ2n) is 6.99. The van der Waals surface area contributed by atoms with Crippen molar-refractivity contribution >= 4 is 10.0 Å². The highest BCUT2D eigenvalue weighted by Crippen LogP contribution is 2.37. The Bertz CT molecular complexity index is 1200. The summed E-state index contributed by atoms with van der Waals surface area (Å²) in [5.74, 6) is 0. The Balaban J connectivity index is 1.70. The number of likely N-dealkylation sites (N-methyl/N-ethyl adjacent to an activating group) is 1. The number of aliphatic hydroxyl groups excluding tert-OH is 1. The lowest BCUT2D eigenvalue weighted by Gasteiger charge is -2.27. The standard InChI is InChI=1S/C22H19N3O3S/c1-25(22-18-6-3-2-5-17(18)13-20(22)26)29(27,28)21-8-4-7-19(24-21)16-11-9-15(14-23)10-12-16/h2-12,20,22,26H,13H2,1H3/t20-,22-/m0/s1. The van der Waals surface area contributed by atoms with Gasteiger partial charge >= 0.3 is 0 Å². The first-order valence-corrected chi connectivity index (χ1v) is 10.6. The van der Waals surface area contributed by atoms with Gasteiger partial charge in [0.1, 0.15) is 0 Å². The van der Waals surface area contributed by atoms with Crippen molar-refractivity contribution < 1.29 is 13.5 Å². The zero-order valence-corrected chi connectivity index (χ0v) is 16.5. The molecule has 0 radical (unpaired) electrons. The van der Waals surface area contributed by atoms with Crippen molar-refractivity contribution in [3.8, 4) is 17.3 Å². The molecule has 1 heterocycles. The number of nitriles is 1. The molecule has 0 aliphatic heterocycles. The number of hydrogen-bond donors (Lipinski definition) is 1. The molecule has 7 heteroatoms. The summed E-state index contributed by atoms with van der Waals surface area (Å²) in [6.07, 6.45) is -0.395. The number of pyridine rings is 1. The van der Waals surface area contributed by atoms with Gasteiger partial charge < -0.3 is 5.11 Å². The Morgan fingerprint density at radius 1 is 1.07 bits per heavy atom. The monoisotopic (exact) mass is 405 g/mol. The molecule has 1 aliphatic carbocycles. The second kappa shape index (κ2) is 7.41. The van der Waals surface area contributed by atoms with Crippen LogP contribution in [0.4, 0.5) is 0 Å². The van der Waals surface area contributed by atoms with Crippen LogP contribution in [0.1, 0.15) is 22.7 Å². The number of benzene rings is 2. The molecule has 0 unspecified atom stereocenters. The first-order valence-electron chi connectivity index (χ1n) is 9.13. The van der Waals surface area contributed by atoms with Crippen molar-refractivity contribution in [2.75, 3.05) is 7.05 Å². The first kappa shape index (κ1) is 19.3.